The van der Waals surface area contributed by atoms with E-state index in [-0.39, 0.29) is 12.8 Å². The van der Waals surface area contributed by atoms with Crippen molar-refractivity contribution in [3.05, 3.63) is 0 Å². The van der Waals surface area contributed by atoms with Crippen molar-refractivity contribution < 1.29 is 23.4 Å². The highest BCUT2D eigenvalue weighted by molar-refractivity contribution is 7.79. The van der Waals surface area contributed by atoms with E-state index < -0.39 is 28.9 Å². The fourth-order valence-electron chi connectivity index (χ4n) is 0.768. The molecule has 0 amide bonds. The Bertz CT molecular complexity index is 182. The summed E-state index contributed by atoms with van der Waals surface area (Å²) in [4.78, 5) is 10.8. The second-order valence-electron chi connectivity index (χ2n) is 2.42. The van der Waals surface area contributed by atoms with Crippen LogP contribution in [-0.4, -0.2) is 38.3 Å². The number of carbonyl (C=O) groups excluding carboxylic acids is 1. The fraction of sp³-hybridized carbons (Fsp3) is 0.857. The molecule has 0 saturated carbocycles. The van der Waals surface area contributed by atoms with Gasteiger partial charge in [-0.25, -0.2) is 4.21 Å². The number of ether oxygens (including phenoxy) is 1. The van der Waals surface area contributed by atoms with Gasteiger partial charge in [-0.1, -0.05) is 0 Å². The molecule has 2 N–H and O–H groups in total. The second-order valence-corrected chi connectivity index (χ2v) is 3.64. The smallest absolute Gasteiger partial charge is 0.305 e. The summed E-state index contributed by atoms with van der Waals surface area (Å²) in [5, 5.41) is 7.87. The van der Waals surface area contributed by atoms with E-state index in [4.69, 9.17) is 9.66 Å². The third-order valence-corrected chi connectivity index (χ3v) is 2.42. The number of rotatable bonds is 6. The molecule has 0 bridgehead atoms. The molecule has 0 saturated heterocycles. The van der Waals surface area contributed by atoms with Gasteiger partial charge in [0, 0.05) is 6.42 Å². The van der Waals surface area contributed by atoms with Gasteiger partial charge in [0.15, 0.2) is 11.1 Å². The molecule has 0 heterocycles. The summed E-state index contributed by atoms with van der Waals surface area (Å²) in [6.07, 6.45) is 0.226. The van der Waals surface area contributed by atoms with Crippen LogP contribution >= 0.6 is 0 Å². The van der Waals surface area contributed by atoms with Crippen LogP contribution in [0.3, 0.4) is 0 Å². The Balaban J connectivity index is 3.72. The number of aliphatic hydroxyl groups excluding tert-OH is 1. The number of hydrogen-bond acceptors (Lipinski definition) is 4. The van der Waals surface area contributed by atoms with Gasteiger partial charge in [-0.2, -0.15) is 0 Å². The number of hydrogen-bond donors (Lipinski definition) is 2. The predicted octanol–water partition coefficient (Wildman–Crippen LogP) is -0.0877. The molecule has 0 aliphatic rings. The highest BCUT2D eigenvalue weighted by Crippen LogP contribution is 2.04. The molecule has 13 heavy (non-hydrogen) atoms. The molecule has 0 fully saturated rings. The molecule has 0 aliphatic heterocycles. The first kappa shape index (κ1) is 12.5. The lowest BCUT2D eigenvalue weighted by Crippen LogP contribution is -2.20. The Morgan fingerprint density at radius 2 is 2.23 bits per heavy atom. The van der Waals surface area contributed by atoms with Crippen molar-refractivity contribution in [2.24, 2.45) is 0 Å². The molecule has 0 aromatic rings. The minimum atomic E-state index is -2.08. The number of aliphatic hydroxyl groups is 1. The third-order valence-electron chi connectivity index (χ3n) is 1.46. The van der Waals surface area contributed by atoms with E-state index in [1.807, 2.05) is 0 Å². The summed E-state index contributed by atoms with van der Waals surface area (Å²) >= 11 is -2.08. The maximum Gasteiger partial charge on any atom is 0.305 e. The predicted molar refractivity (Wildman–Crippen MR) is 47.5 cm³/mol. The van der Waals surface area contributed by atoms with Crippen LogP contribution in [0.5, 0.6) is 0 Å². The molecule has 2 unspecified atom stereocenters. The molecule has 6 heteroatoms. The van der Waals surface area contributed by atoms with Gasteiger partial charge >= 0.3 is 5.97 Å². The van der Waals surface area contributed by atoms with Crippen molar-refractivity contribution in [3.8, 4) is 0 Å². The van der Waals surface area contributed by atoms with Crippen molar-refractivity contribution in [3.63, 3.8) is 0 Å². The summed E-state index contributed by atoms with van der Waals surface area (Å²) in [6.45, 7) is 1.58. The van der Waals surface area contributed by atoms with Crippen LogP contribution in [0.2, 0.25) is 0 Å². The average molecular weight is 210 g/mol. The Kier molecular flexibility index (Phi) is 6.75. The van der Waals surface area contributed by atoms with E-state index in [1.54, 1.807) is 6.92 Å². The van der Waals surface area contributed by atoms with E-state index >= 15 is 0 Å². The molecule has 0 radical (unpaired) electrons. The van der Waals surface area contributed by atoms with Gasteiger partial charge in [-0.15, -0.1) is 0 Å². The van der Waals surface area contributed by atoms with Gasteiger partial charge in [-0.05, 0) is 13.3 Å². The molecule has 2 atom stereocenters. The quantitative estimate of drug-likeness (QED) is 0.473. The van der Waals surface area contributed by atoms with Crippen LogP contribution in [0, 0.1) is 0 Å². The summed E-state index contributed by atoms with van der Waals surface area (Å²) in [6, 6.07) is 0. The summed E-state index contributed by atoms with van der Waals surface area (Å²) in [7, 11) is 0. The van der Waals surface area contributed by atoms with E-state index in [0.29, 0.717) is 6.61 Å². The van der Waals surface area contributed by atoms with Crippen LogP contribution in [0.1, 0.15) is 19.8 Å². The van der Waals surface area contributed by atoms with Gasteiger partial charge in [-0.3, -0.25) is 4.79 Å². The molecule has 5 nitrogen and oxygen atoms in total. The SMILES string of the molecule is CCOC(=O)CCC(CO)S(=O)O. The molecule has 0 aliphatic carbocycles. The molecular formula is C7H14O5S. The van der Waals surface area contributed by atoms with Crippen molar-refractivity contribution in [2.45, 2.75) is 25.0 Å². The third kappa shape index (κ3) is 5.73. The minimum Gasteiger partial charge on any atom is -0.466 e. The lowest BCUT2D eigenvalue weighted by atomic mass is 10.2. The van der Waals surface area contributed by atoms with Gasteiger partial charge in [0.05, 0.1) is 18.5 Å². The van der Waals surface area contributed by atoms with Crippen molar-refractivity contribution in [2.75, 3.05) is 13.2 Å². The maximum atomic E-state index is 10.8. The van der Waals surface area contributed by atoms with Gasteiger partial charge in [0.2, 0.25) is 0 Å². The molecule has 0 rings (SSSR count). The first-order valence-corrected chi connectivity index (χ1v) is 5.15. The van der Waals surface area contributed by atoms with E-state index in [1.165, 1.54) is 0 Å². The van der Waals surface area contributed by atoms with Crippen molar-refractivity contribution in [1.29, 1.82) is 0 Å². The number of carbonyl (C=O) groups is 1. The van der Waals surface area contributed by atoms with Crippen LogP contribution < -0.4 is 0 Å². The normalized spacial score (nSPS) is 15.0. The average Bonchev–Trinajstić information content (AvgIpc) is 2.05. The Morgan fingerprint density at radius 1 is 1.62 bits per heavy atom. The molecule has 0 spiro atoms. The highest BCUT2D eigenvalue weighted by atomic mass is 32.2. The highest BCUT2D eigenvalue weighted by Gasteiger charge is 2.15. The lowest BCUT2D eigenvalue weighted by molar-refractivity contribution is -0.143. The Hall–Kier alpha value is -0.460. The van der Waals surface area contributed by atoms with E-state index in [9.17, 15) is 9.00 Å². The Morgan fingerprint density at radius 3 is 2.62 bits per heavy atom. The zero-order valence-electron chi connectivity index (χ0n) is 7.43. The van der Waals surface area contributed by atoms with Gasteiger partial charge in [0.25, 0.3) is 0 Å². The van der Waals surface area contributed by atoms with Crippen LogP contribution in [0.25, 0.3) is 0 Å². The lowest BCUT2D eigenvalue weighted by Gasteiger charge is -2.08. The first-order valence-electron chi connectivity index (χ1n) is 3.98. The minimum absolute atomic E-state index is 0.0609. The zero-order chi connectivity index (χ0) is 10.3. The van der Waals surface area contributed by atoms with Gasteiger partial charge < -0.3 is 14.4 Å². The van der Waals surface area contributed by atoms with Crippen molar-refractivity contribution in [1.82, 2.24) is 0 Å². The first-order chi connectivity index (χ1) is 6.11. The summed E-state index contributed by atoms with van der Waals surface area (Å²) in [5.41, 5.74) is 0. The van der Waals surface area contributed by atoms with E-state index in [0.717, 1.165) is 0 Å². The topological polar surface area (TPSA) is 83.8 Å². The fourth-order valence-corrected chi connectivity index (χ4v) is 1.21. The summed E-state index contributed by atoms with van der Waals surface area (Å²) in [5.74, 6) is -0.411. The molecule has 0 aromatic heterocycles. The molecule has 0 aromatic carbocycles. The standard InChI is InChI=1S/C7H14O5S/c1-2-12-7(9)4-3-6(5-8)13(10)11/h6,8H,2-5H2,1H3,(H,10,11). The maximum absolute atomic E-state index is 10.8. The van der Waals surface area contributed by atoms with Crippen LogP contribution in [-0.2, 0) is 20.6 Å². The monoisotopic (exact) mass is 210 g/mol. The molecule has 78 valence electrons. The van der Waals surface area contributed by atoms with Crippen molar-refractivity contribution >= 4 is 17.0 Å². The second kappa shape index (κ2) is 6.99. The number of esters is 1. The van der Waals surface area contributed by atoms with Crippen LogP contribution in [0.4, 0.5) is 0 Å². The van der Waals surface area contributed by atoms with E-state index in [2.05, 4.69) is 4.74 Å². The Labute approximate surface area is 79.4 Å². The summed E-state index contributed by atoms with van der Waals surface area (Å²) < 4.78 is 23.7. The van der Waals surface area contributed by atoms with Crippen LogP contribution in [0.15, 0.2) is 0 Å². The van der Waals surface area contributed by atoms with Gasteiger partial charge in [0.1, 0.15) is 0 Å². The molecular weight excluding hydrogens is 196 g/mol. The zero-order valence-corrected chi connectivity index (χ0v) is 8.25. The largest absolute Gasteiger partial charge is 0.466 e.